The fourth-order valence-corrected chi connectivity index (χ4v) is 2.64. The summed E-state index contributed by atoms with van der Waals surface area (Å²) >= 11 is 5.75. The molecule has 1 aromatic heterocycles. The highest BCUT2D eigenvalue weighted by molar-refractivity contribution is 6.18. The van der Waals surface area contributed by atoms with Crippen LogP contribution < -0.4 is 10.3 Å². The fraction of sp³-hybridized carbons (Fsp3) is 0.167. The van der Waals surface area contributed by atoms with E-state index in [4.69, 9.17) is 16.3 Å². The van der Waals surface area contributed by atoms with Crippen molar-refractivity contribution in [3.05, 3.63) is 76.1 Å². The zero-order valence-electron chi connectivity index (χ0n) is 12.3. The van der Waals surface area contributed by atoms with Crippen LogP contribution in [0.25, 0.3) is 10.9 Å². The molecule has 3 aromatic rings. The molecule has 118 valence electrons. The third kappa shape index (κ3) is 3.38. The number of ether oxygens (including phenoxy) is 1. The molecule has 1 atom stereocenters. The smallest absolute Gasteiger partial charge is 0.248 e. The molecule has 0 spiro atoms. The van der Waals surface area contributed by atoms with Crippen molar-refractivity contribution in [1.29, 1.82) is 0 Å². The standard InChI is InChI=1S/C18H16ClNO3/c19-10-15(21)13-6-8-16(18-14(13)7-9-17(22)20-18)23-11-12-4-2-1-3-5-12/h1-9,15,21H,10-11H2,(H,20,22)/t15-/m1/s1. The van der Waals surface area contributed by atoms with Crippen LogP contribution in [0.1, 0.15) is 17.2 Å². The molecule has 0 amide bonds. The summed E-state index contributed by atoms with van der Waals surface area (Å²) in [7, 11) is 0. The van der Waals surface area contributed by atoms with Gasteiger partial charge in [0.25, 0.3) is 0 Å². The molecular formula is C18H16ClNO3. The van der Waals surface area contributed by atoms with Gasteiger partial charge in [0.05, 0.1) is 17.5 Å². The second-order valence-electron chi connectivity index (χ2n) is 5.21. The summed E-state index contributed by atoms with van der Waals surface area (Å²) in [5.74, 6) is 0.644. The maximum absolute atomic E-state index is 11.7. The molecule has 2 aromatic carbocycles. The van der Waals surface area contributed by atoms with E-state index < -0.39 is 6.10 Å². The number of aliphatic hydroxyl groups is 1. The summed E-state index contributed by atoms with van der Waals surface area (Å²) in [6.45, 7) is 0.393. The van der Waals surface area contributed by atoms with Crippen LogP contribution in [0.4, 0.5) is 0 Å². The first-order valence-electron chi connectivity index (χ1n) is 7.25. The molecular weight excluding hydrogens is 314 g/mol. The lowest BCUT2D eigenvalue weighted by Crippen LogP contribution is -2.07. The number of alkyl halides is 1. The molecule has 0 aliphatic carbocycles. The third-order valence-electron chi connectivity index (χ3n) is 3.63. The quantitative estimate of drug-likeness (QED) is 0.705. The summed E-state index contributed by atoms with van der Waals surface area (Å²) in [6, 6.07) is 16.4. The molecule has 5 heteroatoms. The summed E-state index contributed by atoms with van der Waals surface area (Å²) in [5, 5.41) is 10.8. The van der Waals surface area contributed by atoms with E-state index in [2.05, 4.69) is 4.98 Å². The zero-order valence-corrected chi connectivity index (χ0v) is 13.1. The molecule has 1 heterocycles. The molecule has 0 bridgehead atoms. The fourth-order valence-electron chi connectivity index (χ4n) is 2.48. The number of benzene rings is 2. The second-order valence-corrected chi connectivity index (χ2v) is 5.52. The Hall–Kier alpha value is -2.30. The Bertz CT molecular complexity index is 861. The number of aromatic amines is 1. The molecule has 0 aliphatic rings. The topological polar surface area (TPSA) is 62.3 Å². The molecule has 23 heavy (non-hydrogen) atoms. The van der Waals surface area contributed by atoms with Gasteiger partial charge in [-0.1, -0.05) is 36.4 Å². The minimum absolute atomic E-state index is 0.0818. The van der Waals surface area contributed by atoms with Gasteiger partial charge in [0, 0.05) is 11.5 Å². The van der Waals surface area contributed by atoms with Crippen molar-refractivity contribution >= 4 is 22.5 Å². The van der Waals surface area contributed by atoms with E-state index in [0.717, 1.165) is 10.9 Å². The van der Waals surface area contributed by atoms with Gasteiger partial charge in [-0.25, -0.2) is 0 Å². The predicted octanol–water partition coefficient (Wildman–Crippen LogP) is 3.38. The van der Waals surface area contributed by atoms with Gasteiger partial charge in [-0.3, -0.25) is 4.79 Å². The summed E-state index contributed by atoms with van der Waals surface area (Å²) in [6.07, 6.45) is -0.798. The Morgan fingerprint density at radius 3 is 2.61 bits per heavy atom. The minimum atomic E-state index is -0.798. The van der Waals surface area contributed by atoms with E-state index in [1.54, 1.807) is 18.2 Å². The van der Waals surface area contributed by atoms with Gasteiger partial charge in [-0.2, -0.15) is 0 Å². The number of halogens is 1. The molecule has 0 saturated heterocycles. The number of aliphatic hydroxyl groups excluding tert-OH is 1. The number of nitrogens with one attached hydrogen (secondary N) is 1. The molecule has 0 unspecified atom stereocenters. The molecule has 0 radical (unpaired) electrons. The summed E-state index contributed by atoms with van der Waals surface area (Å²) < 4.78 is 5.84. The van der Waals surface area contributed by atoms with E-state index >= 15 is 0 Å². The number of pyridine rings is 1. The first kappa shape index (κ1) is 15.6. The van der Waals surface area contributed by atoms with E-state index in [9.17, 15) is 9.90 Å². The van der Waals surface area contributed by atoms with Crippen molar-refractivity contribution < 1.29 is 9.84 Å². The SMILES string of the molecule is O=c1ccc2c([C@H](O)CCl)ccc(OCc3ccccc3)c2[nH]1. The lowest BCUT2D eigenvalue weighted by atomic mass is 10.0. The molecule has 4 nitrogen and oxygen atoms in total. The molecule has 2 N–H and O–H groups in total. The second kappa shape index (κ2) is 6.86. The Morgan fingerprint density at radius 1 is 1.09 bits per heavy atom. The van der Waals surface area contributed by atoms with E-state index in [1.807, 2.05) is 30.3 Å². The average Bonchev–Trinajstić information content (AvgIpc) is 2.59. The zero-order chi connectivity index (χ0) is 16.2. The first-order valence-corrected chi connectivity index (χ1v) is 7.79. The monoisotopic (exact) mass is 329 g/mol. The van der Waals surface area contributed by atoms with Crippen LogP contribution in [-0.2, 0) is 6.61 Å². The largest absolute Gasteiger partial charge is 0.487 e. The lowest BCUT2D eigenvalue weighted by molar-refractivity contribution is 0.204. The maximum Gasteiger partial charge on any atom is 0.248 e. The Morgan fingerprint density at radius 2 is 1.87 bits per heavy atom. The Kier molecular flexibility index (Phi) is 4.65. The number of rotatable bonds is 5. The van der Waals surface area contributed by atoms with Crippen LogP contribution in [0.3, 0.4) is 0 Å². The van der Waals surface area contributed by atoms with Crippen LogP contribution in [-0.4, -0.2) is 16.0 Å². The van der Waals surface area contributed by atoms with Gasteiger partial charge in [-0.05, 0) is 23.3 Å². The normalized spacial score (nSPS) is 12.3. The van der Waals surface area contributed by atoms with Crippen LogP contribution in [0.5, 0.6) is 5.75 Å². The Labute approximate surface area is 138 Å². The van der Waals surface area contributed by atoms with E-state index in [0.29, 0.717) is 23.4 Å². The van der Waals surface area contributed by atoms with Crippen molar-refractivity contribution in [2.24, 2.45) is 0 Å². The van der Waals surface area contributed by atoms with Gasteiger partial charge in [0.15, 0.2) is 0 Å². The number of hydrogen-bond donors (Lipinski definition) is 2. The van der Waals surface area contributed by atoms with E-state index in [1.165, 1.54) is 6.07 Å². The van der Waals surface area contributed by atoms with E-state index in [-0.39, 0.29) is 11.4 Å². The highest BCUT2D eigenvalue weighted by Crippen LogP contribution is 2.30. The minimum Gasteiger partial charge on any atom is -0.487 e. The third-order valence-corrected chi connectivity index (χ3v) is 3.93. The highest BCUT2D eigenvalue weighted by Gasteiger charge is 2.14. The highest BCUT2D eigenvalue weighted by atomic mass is 35.5. The summed E-state index contributed by atoms with van der Waals surface area (Å²) in [5.41, 5.74) is 2.04. The molecule has 3 rings (SSSR count). The number of aromatic nitrogens is 1. The van der Waals surface area contributed by atoms with Crippen molar-refractivity contribution in [3.8, 4) is 5.75 Å². The van der Waals surface area contributed by atoms with Crippen molar-refractivity contribution in [1.82, 2.24) is 4.98 Å². The van der Waals surface area contributed by atoms with Gasteiger partial charge < -0.3 is 14.8 Å². The summed E-state index contributed by atoms with van der Waals surface area (Å²) in [4.78, 5) is 14.4. The van der Waals surface area contributed by atoms with Crippen LogP contribution in [0, 0.1) is 0 Å². The van der Waals surface area contributed by atoms with Gasteiger partial charge in [0.2, 0.25) is 5.56 Å². The Balaban J connectivity index is 2.00. The average molecular weight is 330 g/mol. The van der Waals surface area contributed by atoms with Crippen molar-refractivity contribution in [2.45, 2.75) is 12.7 Å². The van der Waals surface area contributed by atoms with Crippen LogP contribution >= 0.6 is 11.6 Å². The molecule has 0 saturated carbocycles. The van der Waals surface area contributed by atoms with Gasteiger partial charge >= 0.3 is 0 Å². The van der Waals surface area contributed by atoms with Crippen molar-refractivity contribution in [2.75, 3.05) is 5.88 Å². The first-order chi connectivity index (χ1) is 11.2. The van der Waals surface area contributed by atoms with Crippen molar-refractivity contribution in [3.63, 3.8) is 0 Å². The molecule has 0 aliphatic heterocycles. The van der Waals surface area contributed by atoms with Crippen LogP contribution in [0.15, 0.2) is 59.4 Å². The predicted molar refractivity (Wildman–Crippen MR) is 91.0 cm³/mol. The number of H-pyrrole nitrogens is 1. The lowest BCUT2D eigenvalue weighted by Gasteiger charge is -2.14. The number of hydrogen-bond acceptors (Lipinski definition) is 3. The molecule has 0 fully saturated rings. The van der Waals surface area contributed by atoms with Crippen LogP contribution in [0.2, 0.25) is 0 Å². The maximum atomic E-state index is 11.7. The van der Waals surface area contributed by atoms with Gasteiger partial charge in [-0.15, -0.1) is 11.6 Å². The number of fused-ring (bicyclic) bond motifs is 1. The van der Waals surface area contributed by atoms with Gasteiger partial charge in [0.1, 0.15) is 12.4 Å².